The SMILES string of the molecule is CNC(=O)C1CCCCN1C1CCCCC1C#N. The number of nitrogens with zero attached hydrogens (tertiary/aromatic N) is 2. The molecule has 100 valence electrons. The minimum Gasteiger partial charge on any atom is -0.358 e. The Morgan fingerprint density at radius 3 is 2.67 bits per heavy atom. The van der Waals surface area contributed by atoms with Crippen molar-refractivity contribution in [2.45, 2.75) is 57.0 Å². The van der Waals surface area contributed by atoms with Crippen LogP contribution in [0.1, 0.15) is 44.9 Å². The Labute approximate surface area is 109 Å². The lowest BCUT2D eigenvalue weighted by Gasteiger charge is -2.43. The van der Waals surface area contributed by atoms with Gasteiger partial charge in [-0.05, 0) is 32.2 Å². The third kappa shape index (κ3) is 2.67. The monoisotopic (exact) mass is 249 g/mol. The summed E-state index contributed by atoms with van der Waals surface area (Å²) in [6, 6.07) is 2.74. The average molecular weight is 249 g/mol. The molecule has 18 heavy (non-hydrogen) atoms. The number of piperidine rings is 1. The van der Waals surface area contributed by atoms with Crippen LogP contribution in [0.15, 0.2) is 0 Å². The minimum atomic E-state index is -0.0114. The van der Waals surface area contributed by atoms with Gasteiger partial charge >= 0.3 is 0 Å². The van der Waals surface area contributed by atoms with E-state index in [9.17, 15) is 10.1 Å². The number of likely N-dealkylation sites (tertiary alicyclic amines) is 1. The smallest absolute Gasteiger partial charge is 0.237 e. The second kappa shape index (κ2) is 6.19. The molecule has 0 radical (unpaired) electrons. The first-order valence-corrected chi connectivity index (χ1v) is 7.15. The van der Waals surface area contributed by atoms with Crippen molar-refractivity contribution in [3.8, 4) is 6.07 Å². The summed E-state index contributed by atoms with van der Waals surface area (Å²) in [5.41, 5.74) is 0. The largest absolute Gasteiger partial charge is 0.358 e. The van der Waals surface area contributed by atoms with Gasteiger partial charge in [-0.1, -0.05) is 19.3 Å². The summed E-state index contributed by atoms with van der Waals surface area (Å²) in [6.07, 6.45) is 7.64. The molecule has 2 rings (SSSR count). The van der Waals surface area contributed by atoms with Crippen LogP contribution in [0.25, 0.3) is 0 Å². The van der Waals surface area contributed by atoms with E-state index in [0.29, 0.717) is 6.04 Å². The summed E-state index contributed by atoms with van der Waals surface area (Å²) in [7, 11) is 1.71. The number of nitrogens with one attached hydrogen (secondary N) is 1. The van der Waals surface area contributed by atoms with Crippen LogP contribution in [0, 0.1) is 17.2 Å². The number of rotatable bonds is 2. The van der Waals surface area contributed by atoms with Crippen molar-refractivity contribution in [1.29, 1.82) is 5.26 Å². The molecule has 2 aliphatic rings. The van der Waals surface area contributed by atoms with E-state index in [4.69, 9.17) is 0 Å². The molecular formula is C14H23N3O. The fourth-order valence-corrected chi connectivity index (χ4v) is 3.46. The normalized spacial score (nSPS) is 33.7. The van der Waals surface area contributed by atoms with E-state index in [2.05, 4.69) is 16.3 Å². The molecule has 1 heterocycles. The highest BCUT2D eigenvalue weighted by molar-refractivity contribution is 5.81. The Bertz CT molecular complexity index is 336. The summed E-state index contributed by atoms with van der Waals surface area (Å²) in [5.74, 6) is 0.237. The van der Waals surface area contributed by atoms with Gasteiger partial charge in [0.1, 0.15) is 0 Å². The summed E-state index contributed by atoms with van der Waals surface area (Å²) in [6.45, 7) is 0.973. The lowest BCUT2D eigenvalue weighted by molar-refractivity contribution is -0.129. The number of hydrogen-bond acceptors (Lipinski definition) is 3. The second-order valence-electron chi connectivity index (χ2n) is 5.45. The number of nitriles is 1. The molecule has 1 N–H and O–H groups in total. The van der Waals surface area contributed by atoms with Crippen molar-refractivity contribution in [1.82, 2.24) is 10.2 Å². The van der Waals surface area contributed by atoms with E-state index in [0.717, 1.165) is 45.1 Å². The Morgan fingerprint density at radius 1 is 1.22 bits per heavy atom. The quantitative estimate of drug-likeness (QED) is 0.810. The van der Waals surface area contributed by atoms with Gasteiger partial charge in [0.25, 0.3) is 0 Å². The molecule has 0 aromatic carbocycles. The standard InChI is InChI=1S/C14H23N3O/c1-16-14(18)13-8-4-5-9-17(13)12-7-3-2-6-11(12)10-15/h11-13H,2-9H2,1H3,(H,16,18). The lowest BCUT2D eigenvalue weighted by Crippen LogP contribution is -2.55. The zero-order valence-electron chi connectivity index (χ0n) is 11.2. The van der Waals surface area contributed by atoms with Crippen molar-refractivity contribution in [2.24, 2.45) is 5.92 Å². The molecule has 0 aromatic heterocycles. The Kier molecular flexibility index (Phi) is 4.60. The number of carbonyl (C=O) groups is 1. The Balaban J connectivity index is 2.12. The molecular weight excluding hydrogens is 226 g/mol. The number of likely N-dealkylation sites (N-methyl/N-ethyl adjacent to an activating group) is 1. The first-order chi connectivity index (χ1) is 8.77. The third-order valence-corrected chi connectivity index (χ3v) is 4.41. The highest BCUT2D eigenvalue weighted by Gasteiger charge is 2.37. The highest BCUT2D eigenvalue weighted by atomic mass is 16.2. The van der Waals surface area contributed by atoms with Crippen LogP contribution >= 0.6 is 0 Å². The van der Waals surface area contributed by atoms with E-state index >= 15 is 0 Å². The average Bonchev–Trinajstić information content (AvgIpc) is 2.46. The van der Waals surface area contributed by atoms with Crippen molar-refractivity contribution >= 4 is 5.91 Å². The van der Waals surface area contributed by atoms with Crippen LogP contribution in [-0.2, 0) is 4.79 Å². The molecule has 3 unspecified atom stereocenters. The maximum Gasteiger partial charge on any atom is 0.237 e. The predicted octanol–water partition coefficient (Wildman–Crippen LogP) is 1.67. The maximum absolute atomic E-state index is 12.0. The van der Waals surface area contributed by atoms with Crippen molar-refractivity contribution in [3.05, 3.63) is 0 Å². The van der Waals surface area contributed by atoms with Crippen LogP contribution in [0.4, 0.5) is 0 Å². The number of amides is 1. The van der Waals surface area contributed by atoms with E-state index in [1.807, 2.05) is 0 Å². The van der Waals surface area contributed by atoms with Crippen LogP contribution in [0.3, 0.4) is 0 Å². The molecule has 0 spiro atoms. The number of hydrogen-bond donors (Lipinski definition) is 1. The summed E-state index contributed by atoms with van der Waals surface area (Å²) in [4.78, 5) is 14.3. The maximum atomic E-state index is 12.0. The lowest BCUT2D eigenvalue weighted by atomic mass is 9.82. The molecule has 0 aromatic rings. The van der Waals surface area contributed by atoms with Crippen LogP contribution in [0.2, 0.25) is 0 Å². The highest BCUT2D eigenvalue weighted by Crippen LogP contribution is 2.32. The van der Waals surface area contributed by atoms with Gasteiger partial charge in [0, 0.05) is 13.1 Å². The topological polar surface area (TPSA) is 56.1 Å². The fourth-order valence-electron chi connectivity index (χ4n) is 3.46. The van der Waals surface area contributed by atoms with Gasteiger partial charge in [0.05, 0.1) is 18.0 Å². The molecule has 1 amide bonds. The zero-order chi connectivity index (χ0) is 13.0. The Hall–Kier alpha value is -1.08. The molecule has 2 fully saturated rings. The van der Waals surface area contributed by atoms with Crippen molar-refractivity contribution < 1.29 is 4.79 Å². The van der Waals surface area contributed by atoms with E-state index < -0.39 is 0 Å². The molecule has 0 bridgehead atoms. The van der Waals surface area contributed by atoms with Crippen LogP contribution < -0.4 is 5.32 Å². The third-order valence-electron chi connectivity index (χ3n) is 4.41. The summed E-state index contributed by atoms with van der Waals surface area (Å²) < 4.78 is 0. The number of carbonyl (C=O) groups excluding carboxylic acids is 1. The van der Waals surface area contributed by atoms with Crippen molar-refractivity contribution in [3.63, 3.8) is 0 Å². The van der Waals surface area contributed by atoms with Gasteiger partial charge in [-0.25, -0.2) is 0 Å². The molecule has 1 aliphatic heterocycles. The molecule has 1 aliphatic carbocycles. The molecule has 3 atom stereocenters. The fraction of sp³-hybridized carbons (Fsp3) is 0.857. The molecule has 4 nitrogen and oxygen atoms in total. The summed E-state index contributed by atoms with van der Waals surface area (Å²) >= 11 is 0. The predicted molar refractivity (Wildman–Crippen MR) is 69.8 cm³/mol. The van der Waals surface area contributed by atoms with Gasteiger partial charge in [-0.15, -0.1) is 0 Å². The molecule has 1 saturated heterocycles. The van der Waals surface area contributed by atoms with Crippen LogP contribution in [0.5, 0.6) is 0 Å². The van der Waals surface area contributed by atoms with Crippen LogP contribution in [-0.4, -0.2) is 36.5 Å². The minimum absolute atomic E-state index is 0.0114. The first kappa shape index (κ1) is 13.4. The van der Waals surface area contributed by atoms with Gasteiger partial charge in [-0.3, -0.25) is 9.69 Å². The van der Waals surface area contributed by atoms with Gasteiger partial charge in [0.15, 0.2) is 0 Å². The summed E-state index contributed by atoms with van der Waals surface area (Å²) in [5, 5.41) is 12.1. The second-order valence-corrected chi connectivity index (χ2v) is 5.45. The van der Waals surface area contributed by atoms with Crippen molar-refractivity contribution in [2.75, 3.05) is 13.6 Å². The van der Waals surface area contributed by atoms with E-state index in [1.165, 1.54) is 6.42 Å². The Morgan fingerprint density at radius 2 is 1.94 bits per heavy atom. The van der Waals surface area contributed by atoms with Gasteiger partial charge in [0.2, 0.25) is 5.91 Å². The van der Waals surface area contributed by atoms with Gasteiger partial charge in [-0.2, -0.15) is 5.26 Å². The zero-order valence-corrected chi connectivity index (χ0v) is 11.2. The molecule has 1 saturated carbocycles. The molecule has 4 heteroatoms. The first-order valence-electron chi connectivity index (χ1n) is 7.15. The van der Waals surface area contributed by atoms with E-state index in [-0.39, 0.29) is 17.9 Å². The van der Waals surface area contributed by atoms with Gasteiger partial charge < -0.3 is 5.32 Å². The van der Waals surface area contributed by atoms with E-state index in [1.54, 1.807) is 7.05 Å².